The number of amides is 2. The molecule has 0 saturated carbocycles. The van der Waals surface area contributed by atoms with Crippen molar-refractivity contribution < 1.29 is 14.3 Å². The number of hydrogen-bond donors (Lipinski definition) is 1. The molecule has 5 nitrogen and oxygen atoms in total. The van der Waals surface area contributed by atoms with Crippen molar-refractivity contribution in [1.29, 1.82) is 0 Å². The second-order valence-corrected chi connectivity index (χ2v) is 7.21. The molecule has 2 aromatic carbocycles. The molecule has 0 aliphatic carbocycles. The van der Waals surface area contributed by atoms with Crippen LogP contribution in [0.4, 0.5) is 0 Å². The Hall–Kier alpha value is -3.08. The zero-order valence-corrected chi connectivity index (χ0v) is 16.7. The molecular formula is C24H28N2O3. The van der Waals surface area contributed by atoms with Crippen molar-refractivity contribution in [3.63, 3.8) is 0 Å². The number of ether oxygens (including phenoxy) is 1. The fourth-order valence-corrected chi connectivity index (χ4v) is 3.42. The molecule has 1 heterocycles. The Labute approximate surface area is 172 Å². The summed E-state index contributed by atoms with van der Waals surface area (Å²) in [6.45, 7) is 5.63. The molecule has 29 heavy (non-hydrogen) atoms. The summed E-state index contributed by atoms with van der Waals surface area (Å²) in [5.41, 5.74) is 1.82. The lowest BCUT2D eigenvalue weighted by Crippen LogP contribution is -2.41. The molecule has 2 amide bonds. The first-order valence-corrected chi connectivity index (χ1v) is 10.1. The van der Waals surface area contributed by atoms with Crippen molar-refractivity contribution in [3.05, 3.63) is 78.4 Å². The van der Waals surface area contributed by atoms with Gasteiger partial charge in [0.25, 0.3) is 5.91 Å². The highest BCUT2D eigenvalue weighted by molar-refractivity contribution is 5.94. The van der Waals surface area contributed by atoms with Crippen molar-refractivity contribution in [3.8, 4) is 5.75 Å². The van der Waals surface area contributed by atoms with Gasteiger partial charge in [0.05, 0.1) is 0 Å². The summed E-state index contributed by atoms with van der Waals surface area (Å²) in [6, 6.07) is 17.3. The fraction of sp³-hybridized carbons (Fsp3) is 0.333. The molecule has 3 rings (SSSR count). The van der Waals surface area contributed by atoms with E-state index < -0.39 is 0 Å². The van der Waals surface area contributed by atoms with Crippen LogP contribution in [0, 0.1) is 0 Å². The van der Waals surface area contributed by atoms with Crippen LogP contribution >= 0.6 is 0 Å². The first kappa shape index (κ1) is 20.6. The quantitative estimate of drug-likeness (QED) is 0.699. The van der Waals surface area contributed by atoms with Crippen molar-refractivity contribution in [2.24, 2.45) is 0 Å². The minimum atomic E-state index is -0.0819. The van der Waals surface area contributed by atoms with Gasteiger partial charge in [0, 0.05) is 44.5 Å². The highest BCUT2D eigenvalue weighted by Gasteiger charge is 2.23. The summed E-state index contributed by atoms with van der Waals surface area (Å²) in [5, 5.41) is 2.95. The maximum atomic E-state index is 12.3. The van der Waals surface area contributed by atoms with Crippen LogP contribution in [0.1, 0.15) is 35.2 Å². The predicted octanol–water partition coefficient (Wildman–Crippen LogP) is 3.61. The van der Waals surface area contributed by atoms with Crippen LogP contribution in [-0.4, -0.2) is 42.5 Å². The van der Waals surface area contributed by atoms with Crippen LogP contribution in [0.15, 0.2) is 67.3 Å². The van der Waals surface area contributed by atoms with Crippen molar-refractivity contribution in [1.82, 2.24) is 10.2 Å². The van der Waals surface area contributed by atoms with Gasteiger partial charge in [0.15, 0.2) is 0 Å². The Morgan fingerprint density at radius 2 is 1.76 bits per heavy atom. The van der Waals surface area contributed by atoms with E-state index in [9.17, 15) is 9.59 Å². The highest BCUT2D eigenvalue weighted by Crippen LogP contribution is 2.20. The molecule has 0 unspecified atom stereocenters. The van der Waals surface area contributed by atoms with Gasteiger partial charge in [-0.05, 0) is 36.2 Å². The Morgan fingerprint density at radius 3 is 2.41 bits per heavy atom. The number of piperidine rings is 1. The van der Waals surface area contributed by atoms with Crippen molar-refractivity contribution in [2.45, 2.75) is 31.8 Å². The SMILES string of the molecule is C=CCC(=O)N1CCC(Oc2ccc(C(=O)NCCc3ccccc3)cc2)CC1. The Morgan fingerprint density at radius 1 is 1.07 bits per heavy atom. The molecule has 1 saturated heterocycles. The molecule has 0 aromatic heterocycles. The first-order chi connectivity index (χ1) is 14.2. The summed E-state index contributed by atoms with van der Waals surface area (Å²) in [5.74, 6) is 0.796. The second kappa shape index (κ2) is 10.5. The van der Waals surface area contributed by atoms with Gasteiger partial charge in [-0.3, -0.25) is 9.59 Å². The molecule has 0 radical (unpaired) electrons. The Bertz CT molecular complexity index is 810. The Kier molecular flexibility index (Phi) is 7.45. The van der Waals surface area contributed by atoms with Gasteiger partial charge >= 0.3 is 0 Å². The summed E-state index contributed by atoms with van der Waals surface area (Å²) >= 11 is 0. The third-order valence-electron chi connectivity index (χ3n) is 5.07. The van der Waals surface area contributed by atoms with E-state index in [4.69, 9.17) is 4.74 Å². The van der Waals surface area contributed by atoms with Gasteiger partial charge in [-0.15, -0.1) is 6.58 Å². The topological polar surface area (TPSA) is 58.6 Å². The van der Waals surface area contributed by atoms with Crippen molar-refractivity contribution in [2.75, 3.05) is 19.6 Å². The van der Waals surface area contributed by atoms with Gasteiger partial charge in [-0.2, -0.15) is 0 Å². The molecule has 152 valence electrons. The van der Waals surface area contributed by atoms with Crippen LogP contribution in [0.25, 0.3) is 0 Å². The lowest BCUT2D eigenvalue weighted by molar-refractivity contribution is -0.132. The number of benzene rings is 2. The fourth-order valence-electron chi connectivity index (χ4n) is 3.42. The average Bonchev–Trinajstić information content (AvgIpc) is 2.75. The highest BCUT2D eigenvalue weighted by atomic mass is 16.5. The van der Waals surface area contributed by atoms with Gasteiger partial charge in [-0.25, -0.2) is 0 Å². The van der Waals surface area contributed by atoms with E-state index >= 15 is 0 Å². The monoisotopic (exact) mass is 392 g/mol. The van der Waals surface area contributed by atoms with Crippen LogP contribution in [0.3, 0.4) is 0 Å². The van der Waals surface area contributed by atoms with Crippen LogP contribution in [0.5, 0.6) is 5.75 Å². The van der Waals surface area contributed by atoms with E-state index in [2.05, 4.69) is 24.0 Å². The number of likely N-dealkylation sites (tertiary alicyclic amines) is 1. The summed E-state index contributed by atoms with van der Waals surface area (Å²) < 4.78 is 6.03. The van der Waals surface area contributed by atoms with E-state index in [0.29, 0.717) is 31.6 Å². The Balaban J connectivity index is 1.42. The molecule has 0 atom stereocenters. The van der Waals surface area contributed by atoms with Crippen LogP contribution in [0.2, 0.25) is 0 Å². The lowest BCUT2D eigenvalue weighted by atomic mass is 10.1. The summed E-state index contributed by atoms with van der Waals surface area (Å²) in [6.07, 6.45) is 4.55. The van der Waals surface area contributed by atoms with Crippen LogP contribution in [-0.2, 0) is 11.2 Å². The normalized spacial score (nSPS) is 14.3. The van der Waals surface area contributed by atoms with E-state index in [0.717, 1.165) is 25.0 Å². The third-order valence-corrected chi connectivity index (χ3v) is 5.07. The van der Waals surface area contributed by atoms with Gasteiger partial charge in [0.2, 0.25) is 5.91 Å². The number of nitrogens with zero attached hydrogens (tertiary/aromatic N) is 1. The molecule has 5 heteroatoms. The minimum Gasteiger partial charge on any atom is -0.490 e. The standard InChI is InChI=1S/C24H28N2O3/c1-2-6-23(27)26-17-14-22(15-18-26)29-21-11-9-20(10-12-21)24(28)25-16-13-19-7-4-3-5-8-19/h2-5,7-12,22H,1,6,13-18H2,(H,25,28). The second-order valence-electron chi connectivity index (χ2n) is 7.21. The lowest BCUT2D eigenvalue weighted by Gasteiger charge is -2.32. The van der Waals surface area contributed by atoms with E-state index in [-0.39, 0.29) is 17.9 Å². The molecule has 1 aliphatic rings. The number of nitrogens with one attached hydrogen (secondary N) is 1. The molecule has 1 fully saturated rings. The van der Waals surface area contributed by atoms with E-state index in [1.54, 1.807) is 18.2 Å². The zero-order valence-electron chi connectivity index (χ0n) is 16.7. The number of carbonyl (C=O) groups excluding carboxylic acids is 2. The summed E-state index contributed by atoms with van der Waals surface area (Å²) in [7, 11) is 0. The van der Waals surface area contributed by atoms with E-state index in [1.807, 2.05) is 35.2 Å². The van der Waals surface area contributed by atoms with E-state index in [1.165, 1.54) is 5.56 Å². The molecule has 0 spiro atoms. The van der Waals surface area contributed by atoms with Gasteiger partial charge < -0.3 is 15.0 Å². The molecular weight excluding hydrogens is 364 g/mol. The summed E-state index contributed by atoms with van der Waals surface area (Å²) in [4.78, 5) is 26.1. The molecule has 0 bridgehead atoms. The minimum absolute atomic E-state index is 0.0819. The maximum absolute atomic E-state index is 12.3. The largest absolute Gasteiger partial charge is 0.490 e. The van der Waals surface area contributed by atoms with Crippen molar-refractivity contribution >= 4 is 11.8 Å². The number of carbonyl (C=O) groups is 2. The average molecular weight is 392 g/mol. The zero-order chi connectivity index (χ0) is 20.5. The predicted molar refractivity (Wildman–Crippen MR) is 114 cm³/mol. The van der Waals surface area contributed by atoms with Gasteiger partial charge in [-0.1, -0.05) is 36.4 Å². The van der Waals surface area contributed by atoms with Gasteiger partial charge in [0.1, 0.15) is 11.9 Å². The van der Waals surface area contributed by atoms with Crippen LogP contribution < -0.4 is 10.1 Å². The molecule has 1 aliphatic heterocycles. The third kappa shape index (κ3) is 6.21. The number of hydrogen-bond acceptors (Lipinski definition) is 3. The molecule has 1 N–H and O–H groups in total. The first-order valence-electron chi connectivity index (χ1n) is 10.1. The number of rotatable bonds is 8. The smallest absolute Gasteiger partial charge is 0.251 e. The maximum Gasteiger partial charge on any atom is 0.251 e. The molecule has 2 aromatic rings.